The first-order valence-electron chi connectivity index (χ1n) is 6.65. The fourth-order valence-corrected chi connectivity index (χ4v) is 3.19. The number of carbonyl (C=O) groups is 2. The number of hydrogen-bond donors (Lipinski definition) is 2. The van der Waals surface area contributed by atoms with Crippen LogP contribution in [0.1, 0.15) is 25.7 Å². The summed E-state index contributed by atoms with van der Waals surface area (Å²) in [5.41, 5.74) is 0.226. The van der Waals surface area contributed by atoms with Gasteiger partial charge in [0.05, 0.1) is 0 Å². The van der Waals surface area contributed by atoms with Crippen LogP contribution in [0.2, 0.25) is 0 Å². The Morgan fingerprint density at radius 1 is 1.39 bits per heavy atom. The van der Waals surface area contributed by atoms with Crippen molar-refractivity contribution in [3.63, 3.8) is 0 Å². The molecule has 6 heteroatoms. The van der Waals surface area contributed by atoms with E-state index in [9.17, 15) is 9.59 Å². The third kappa shape index (κ3) is 1.84. The Hall–Kier alpha value is -1.30. The zero-order valence-electron chi connectivity index (χ0n) is 10.4. The van der Waals surface area contributed by atoms with E-state index in [0.717, 1.165) is 38.9 Å². The van der Waals surface area contributed by atoms with Crippen LogP contribution in [0.15, 0.2) is 0 Å². The summed E-state index contributed by atoms with van der Waals surface area (Å²) in [5, 5.41) is 5.66. The number of carbonyl (C=O) groups excluding carboxylic acids is 2. The third-order valence-corrected chi connectivity index (χ3v) is 4.56. The number of hydrogen-bond acceptors (Lipinski definition) is 3. The van der Waals surface area contributed by atoms with Crippen molar-refractivity contribution in [1.82, 2.24) is 15.5 Å². The van der Waals surface area contributed by atoms with Gasteiger partial charge < -0.3 is 15.4 Å². The van der Waals surface area contributed by atoms with E-state index in [1.54, 1.807) is 0 Å². The van der Waals surface area contributed by atoms with Crippen LogP contribution in [0.5, 0.6) is 0 Å². The topological polar surface area (TPSA) is 70.7 Å². The van der Waals surface area contributed by atoms with Gasteiger partial charge in [0, 0.05) is 32.3 Å². The maximum Gasteiger partial charge on any atom is 0.325 e. The molecule has 2 N–H and O–H groups in total. The average molecular weight is 253 g/mol. The van der Waals surface area contributed by atoms with Gasteiger partial charge in [-0.15, -0.1) is 0 Å². The van der Waals surface area contributed by atoms with Gasteiger partial charge in [-0.3, -0.25) is 0 Å². The highest BCUT2D eigenvalue weighted by Gasteiger charge is 2.48. The highest BCUT2D eigenvalue weighted by molar-refractivity contribution is 5.95. The fraction of sp³-hybridized carbons (Fsp3) is 0.833. The lowest BCUT2D eigenvalue weighted by Gasteiger charge is -2.52. The van der Waals surface area contributed by atoms with E-state index in [-0.39, 0.29) is 23.5 Å². The van der Waals surface area contributed by atoms with Crippen LogP contribution in [-0.2, 0) is 4.74 Å². The highest BCUT2D eigenvalue weighted by atomic mass is 16.5. The summed E-state index contributed by atoms with van der Waals surface area (Å²) in [6.07, 6.45) is 4.21. The molecule has 18 heavy (non-hydrogen) atoms. The van der Waals surface area contributed by atoms with Crippen LogP contribution < -0.4 is 10.6 Å². The van der Waals surface area contributed by atoms with Gasteiger partial charge in [-0.1, -0.05) is 0 Å². The van der Waals surface area contributed by atoms with Crippen LogP contribution in [0.25, 0.3) is 0 Å². The fourth-order valence-electron chi connectivity index (χ4n) is 3.19. The minimum Gasteiger partial charge on any atom is -0.381 e. The van der Waals surface area contributed by atoms with E-state index in [1.807, 2.05) is 0 Å². The molecule has 1 atom stereocenters. The summed E-state index contributed by atoms with van der Waals surface area (Å²) in [5.74, 6) is 0. The van der Waals surface area contributed by atoms with E-state index in [0.29, 0.717) is 13.1 Å². The first-order chi connectivity index (χ1) is 8.71. The molecule has 0 radical (unpaired) electrons. The largest absolute Gasteiger partial charge is 0.381 e. The maximum absolute atomic E-state index is 12.0. The summed E-state index contributed by atoms with van der Waals surface area (Å²) >= 11 is 0. The van der Waals surface area contributed by atoms with E-state index < -0.39 is 0 Å². The second kappa shape index (κ2) is 4.42. The smallest absolute Gasteiger partial charge is 0.325 e. The average Bonchev–Trinajstić information content (AvgIpc) is 2.82. The molecule has 1 saturated carbocycles. The third-order valence-electron chi connectivity index (χ3n) is 4.56. The molecule has 2 aliphatic heterocycles. The van der Waals surface area contributed by atoms with E-state index >= 15 is 0 Å². The molecule has 3 fully saturated rings. The standard InChI is InChI=1S/C12H19N3O3/c16-10-13-5-6-15(10)11(17)14-9-1-2-12(9)3-7-18-8-4-12/h9H,1-8H2,(H,13,16)(H,14,17). The van der Waals surface area contributed by atoms with Gasteiger partial charge in [0.25, 0.3) is 0 Å². The molecule has 3 rings (SSSR count). The van der Waals surface area contributed by atoms with Crippen molar-refractivity contribution in [2.45, 2.75) is 31.7 Å². The number of amides is 4. The Balaban J connectivity index is 1.59. The molecular weight excluding hydrogens is 234 g/mol. The lowest BCUT2D eigenvalue weighted by atomic mass is 9.60. The Morgan fingerprint density at radius 3 is 2.72 bits per heavy atom. The van der Waals surface area contributed by atoms with Crippen LogP contribution in [0.4, 0.5) is 9.59 Å². The lowest BCUT2D eigenvalue weighted by molar-refractivity contribution is -0.0517. The quantitative estimate of drug-likeness (QED) is 0.722. The SMILES string of the molecule is O=C1NCCN1C(=O)NC1CCC12CCOCC2. The normalized spacial score (nSPS) is 29.9. The van der Waals surface area contributed by atoms with Crippen molar-refractivity contribution in [2.75, 3.05) is 26.3 Å². The zero-order valence-corrected chi connectivity index (χ0v) is 10.4. The minimum atomic E-state index is -0.284. The molecule has 1 aliphatic carbocycles. The Kier molecular flexibility index (Phi) is 2.89. The molecule has 0 bridgehead atoms. The highest BCUT2D eigenvalue weighted by Crippen LogP contribution is 2.48. The van der Waals surface area contributed by atoms with E-state index in [4.69, 9.17) is 4.74 Å². The van der Waals surface area contributed by atoms with Crippen molar-refractivity contribution in [2.24, 2.45) is 5.41 Å². The molecule has 3 aliphatic rings. The van der Waals surface area contributed by atoms with Crippen molar-refractivity contribution >= 4 is 12.1 Å². The number of urea groups is 2. The molecule has 1 unspecified atom stereocenters. The summed E-state index contributed by atoms with van der Waals surface area (Å²) in [6, 6.07) is -0.323. The Morgan fingerprint density at radius 2 is 2.17 bits per heavy atom. The maximum atomic E-state index is 12.0. The van der Waals surface area contributed by atoms with Gasteiger partial charge in [0.2, 0.25) is 0 Å². The van der Waals surface area contributed by atoms with Crippen LogP contribution in [0.3, 0.4) is 0 Å². The first kappa shape index (κ1) is 11.8. The molecule has 4 amide bonds. The van der Waals surface area contributed by atoms with Gasteiger partial charge >= 0.3 is 12.1 Å². The molecule has 0 aromatic carbocycles. The molecular formula is C12H19N3O3. The number of rotatable bonds is 1. The van der Waals surface area contributed by atoms with Crippen LogP contribution in [0, 0.1) is 5.41 Å². The van der Waals surface area contributed by atoms with Crippen molar-refractivity contribution < 1.29 is 14.3 Å². The number of ether oxygens (including phenoxy) is 1. The summed E-state index contributed by atoms with van der Waals surface area (Å²) in [7, 11) is 0. The van der Waals surface area contributed by atoms with E-state index in [2.05, 4.69) is 10.6 Å². The van der Waals surface area contributed by atoms with Crippen LogP contribution >= 0.6 is 0 Å². The van der Waals surface area contributed by atoms with Crippen molar-refractivity contribution in [3.05, 3.63) is 0 Å². The van der Waals surface area contributed by atoms with Gasteiger partial charge in [0.15, 0.2) is 0 Å². The molecule has 0 aromatic rings. The summed E-state index contributed by atoms with van der Waals surface area (Å²) in [4.78, 5) is 24.7. The second-order valence-electron chi connectivity index (χ2n) is 5.40. The monoisotopic (exact) mass is 253 g/mol. The number of nitrogens with zero attached hydrogens (tertiary/aromatic N) is 1. The van der Waals surface area contributed by atoms with E-state index in [1.165, 1.54) is 4.90 Å². The van der Waals surface area contributed by atoms with Gasteiger partial charge in [-0.25, -0.2) is 14.5 Å². The van der Waals surface area contributed by atoms with Crippen molar-refractivity contribution in [1.29, 1.82) is 0 Å². The number of nitrogens with one attached hydrogen (secondary N) is 2. The lowest BCUT2D eigenvalue weighted by Crippen LogP contribution is -2.59. The zero-order chi connectivity index (χ0) is 12.6. The van der Waals surface area contributed by atoms with Crippen molar-refractivity contribution in [3.8, 4) is 0 Å². The molecule has 0 aromatic heterocycles. The molecule has 2 saturated heterocycles. The predicted octanol–water partition coefficient (Wildman–Crippen LogP) is 0.680. The summed E-state index contributed by atoms with van der Waals surface area (Å²) in [6.45, 7) is 2.59. The molecule has 2 heterocycles. The van der Waals surface area contributed by atoms with Gasteiger partial charge in [-0.2, -0.15) is 0 Å². The molecule has 100 valence electrons. The molecule has 6 nitrogen and oxygen atoms in total. The Bertz CT molecular complexity index is 366. The first-order valence-corrected chi connectivity index (χ1v) is 6.65. The number of imide groups is 1. The van der Waals surface area contributed by atoms with Gasteiger partial charge in [0.1, 0.15) is 0 Å². The predicted molar refractivity (Wildman–Crippen MR) is 64.1 cm³/mol. The minimum absolute atomic E-state index is 0.210. The summed E-state index contributed by atoms with van der Waals surface area (Å²) < 4.78 is 5.38. The molecule has 1 spiro atoms. The van der Waals surface area contributed by atoms with Crippen LogP contribution in [-0.4, -0.2) is 49.3 Å². The van der Waals surface area contributed by atoms with Gasteiger partial charge in [-0.05, 0) is 31.1 Å². The second-order valence-corrected chi connectivity index (χ2v) is 5.40. The Labute approximate surface area is 106 Å².